The molecule has 0 spiro atoms. The fourth-order valence-electron chi connectivity index (χ4n) is 2.91. The van der Waals surface area contributed by atoms with Crippen molar-refractivity contribution < 1.29 is 4.74 Å². The average molecular weight is 267 g/mol. The monoisotopic (exact) mass is 266 g/mol. The molecule has 1 aliphatic heterocycles. The van der Waals surface area contributed by atoms with Crippen LogP contribution in [0.3, 0.4) is 0 Å². The van der Waals surface area contributed by atoms with Gasteiger partial charge >= 0.3 is 0 Å². The number of rotatable bonds is 1. The van der Waals surface area contributed by atoms with Crippen LogP contribution in [0.1, 0.15) is 55.6 Å². The molecule has 0 N–H and O–H groups in total. The molecule has 1 fully saturated rings. The van der Waals surface area contributed by atoms with E-state index >= 15 is 0 Å². The summed E-state index contributed by atoms with van der Waals surface area (Å²) < 4.78 is 5.41. The molecule has 3 rings (SSSR count). The number of nitrogens with zero attached hydrogens (tertiary/aromatic N) is 2. The van der Waals surface area contributed by atoms with Gasteiger partial charge in [-0.25, -0.2) is 9.97 Å². The van der Waals surface area contributed by atoms with Crippen LogP contribution in [-0.2, 0) is 17.8 Å². The van der Waals surface area contributed by atoms with Crippen LogP contribution in [0, 0.1) is 5.92 Å². The molecule has 98 valence electrons. The van der Waals surface area contributed by atoms with Crippen LogP contribution < -0.4 is 0 Å². The highest BCUT2D eigenvalue weighted by Crippen LogP contribution is 2.35. The van der Waals surface area contributed by atoms with Crippen LogP contribution in [0.5, 0.6) is 0 Å². The van der Waals surface area contributed by atoms with Gasteiger partial charge in [0.25, 0.3) is 0 Å². The van der Waals surface area contributed by atoms with Gasteiger partial charge in [-0.3, -0.25) is 0 Å². The van der Waals surface area contributed by atoms with E-state index in [1.165, 1.54) is 25.7 Å². The second-order valence-corrected chi connectivity index (χ2v) is 5.92. The Morgan fingerprint density at radius 2 is 1.94 bits per heavy atom. The molecular formula is C14H19ClN2O. The van der Waals surface area contributed by atoms with Gasteiger partial charge in [-0.15, -0.1) is 0 Å². The first-order chi connectivity index (χ1) is 8.74. The standard InChI is InChI=1S/C14H19ClN2O/c1-9-2-4-10(5-3-9)14-16-12-6-7-18-8-11(12)13(15)17-14/h9-10H,2-8H2,1H3. The lowest BCUT2D eigenvalue weighted by molar-refractivity contribution is 0.108. The first-order valence-corrected chi connectivity index (χ1v) is 7.24. The lowest BCUT2D eigenvalue weighted by Crippen LogP contribution is -2.18. The third-order valence-corrected chi connectivity index (χ3v) is 4.48. The van der Waals surface area contributed by atoms with E-state index in [2.05, 4.69) is 11.9 Å². The molecule has 4 heteroatoms. The zero-order chi connectivity index (χ0) is 12.5. The summed E-state index contributed by atoms with van der Waals surface area (Å²) in [6, 6.07) is 0. The van der Waals surface area contributed by atoms with E-state index in [1.807, 2.05) is 0 Å². The van der Waals surface area contributed by atoms with Crippen LogP contribution in [0.2, 0.25) is 5.15 Å². The van der Waals surface area contributed by atoms with Gasteiger partial charge in [0, 0.05) is 17.9 Å². The predicted octanol–water partition coefficient (Wildman–Crippen LogP) is 3.50. The Morgan fingerprint density at radius 3 is 2.72 bits per heavy atom. The maximum Gasteiger partial charge on any atom is 0.138 e. The van der Waals surface area contributed by atoms with Crippen molar-refractivity contribution in [3.8, 4) is 0 Å². The van der Waals surface area contributed by atoms with Gasteiger partial charge in [0.05, 0.1) is 18.9 Å². The van der Waals surface area contributed by atoms with Crippen LogP contribution in [-0.4, -0.2) is 16.6 Å². The van der Waals surface area contributed by atoms with Crippen LogP contribution >= 0.6 is 11.6 Å². The summed E-state index contributed by atoms with van der Waals surface area (Å²) in [6.07, 6.45) is 5.84. The summed E-state index contributed by atoms with van der Waals surface area (Å²) in [5.74, 6) is 2.32. The van der Waals surface area contributed by atoms with Crippen molar-refractivity contribution in [2.45, 2.75) is 51.6 Å². The largest absolute Gasteiger partial charge is 0.376 e. The molecule has 1 aliphatic carbocycles. The van der Waals surface area contributed by atoms with Gasteiger partial charge in [0.2, 0.25) is 0 Å². The number of hydrogen-bond donors (Lipinski definition) is 0. The second-order valence-electron chi connectivity index (χ2n) is 5.56. The minimum absolute atomic E-state index is 0.506. The number of halogens is 1. The number of aromatic nitrogens is 2. The van der Waals surface area contributed by atoms with E-state index in [1.54, 1.807) is 0 Å². The zero-order valence-electron chi connectivity index (χ0n) is 10.8. The quantitative estimate of drug-likeness (QED) is 0.730. The summed E-state index contributed by atoms with van der Waals surface area (Å²) in [5, 5.41) is 0.605. The van der Waals surface area contributed by atoms with Gasteiger partial charge in [-0.1, -0.05) is 31.4 Å². The Balaban J connectivity index is 1.86. The summed E-state index contributed by atoms with van der Waals surface area (Å²) in [6.45, 7) is 3.64. The summed E-state index contributed by atoms with van der Waals surface area (Å²) in [7, 11) is 0. The molecule has 0 unspecified atom stereocenters. The van der Waals surface area contributed by atoms with Gasteiger partial charge in [0.15, 0.2) is 0 Å². The summed E-state index contributed by atoms with van der Waals surface area (Å²) in [5.41, 5.74) is 2.10. The second kappa shape index (κ2) is 5.14. The van der Waals surface area contributed by atoms with E-state index in [4.69, 9.17) is 21.3 Å². The highest BCUT2D eigenvalue weighted by molar-refractivity contribution is 6.30. The van der Waals surface area contributed by atoms with Crippen LogP contribution in [0.4, 0.5) is 0 Å². The highest BCUT2D eigenvalue weighted by Gasteiger charge is 2.25. The molecule has 1 aromatic rings. The maximum absolute atomic E-state index is 6.26. The van der Waals surface area contributed by atoms with Crippen molar-refractivity contribution in [1.29, 1.82) is 0 Å². The van der Waals surface area contributed by atoms with Crippen molar-refractivity contribution in [2.75, 3.05) is 6.61 Å². The van der Waals surface area contributed by atoms with E-state index in [-0.39, 0.29) is 0 Å². The Hall–Kier alpha value is -0.670. The Kier molecular flexibility index (Phi) is 3.53. The van der Waals surface area contributed by atoms with Gasteiger partial charge in [-0.2, -0.15) is 0 Å². The Labute approximate surface area is 113 Å². The molecule has 0 atom stereocenters. The van der Waals surface area contributed by atoms with E-state index in [0.717, 1.165) is 36.0 Å². The molecule has 0 amide bonds. The Bertz CT molecular complexity index is 442. The molecular weight excluding hydrogens is 248 g/mol. The fraction of sp³-hybridized carbons (Fsp3) is 0.714. The molecule has 0 saturated heterocycles. The number of hydrogen-bond acceptors (Lipinski definition) is 3. The van der Waals surface area contributed by atoms with Crippen molar-refractivity contribution in [1.82, 2.24) is 9.97 Å². The van der Waals surface area contributed by atoms with Gasteiger partial charge in [-0.05, 0) is 18.8 Å². The predicted molar refractivity (Wildman–Crippen MR) is 70.8 cm³/mol. The third kappa shape index (κ3) is 2.39. The van der Waals surface area contributed by atoms with Crippen molar-refractivity contribution in [2.24, 2.45) is 5.92 Å². The van der Waals surface area contributed by atoms with Crippen molar-refractivity contribution in [3.05, 3.63) is 22.2 Å². The molecule has 0 aromatic carbocycles. The van der Waals surface area contributed by atoms with Crippen LogP contribution in [0.15, 0.2) is 0 Å². The molecule has 2 heterocycles. The molecule has 2 aliphatic rings. The van der Waals surface area contributed by atoms with Crippen molar-refractivity contribution >= 4 is 11.6 Å². The van der Waals surface area contributed by atoms with E-state index in [0.29, 0.717) is 17.7 Å². The first kappa shape index (κ1) is 12.4. The smallest absolute Gasteiger partial charge is 0.138 e. The minimum Gasteiger partial charge on any atom is -0.376 e. The molecule has 1 aromatic heterocycles. The average Bonchev–Trinajstić information content (AvgIpc) is 2.39. The fourth-order valence-corrected chi connectivity index (χ4v) is 3.16. The van der Waals surface area contributed by atoms with E-state index in [9.17, 15) is 0 Å². The topological polar surface area (TPSA) is 35.0 Å². The van der Waals surface area contributed by atoms with Gasteiger partial charge in [0.1, 0.15) is 11.0 Å². The molecule has 0 radical (unpaired) electrons. The number of ether oxygens (including phenoxy) is 1. The highest BCUT2D eigenvalue weighted by atomic mass is 35.5. The maximum atomic E-state index is 6.26. The van der Waals surface area contributed by atoms with Crippen molar-refractivity contribution in [3.63, 3.8) is 0 Å². The molecule has 0 bridgehead atoms. The van der Waals surface area contributed by atoms with Crippen LogP contribution in [0.25, 0.3) is 0 Å². The van der Waals surface area contributed by atoms with E-state index < -0.39 is 0 Å². The normalized spacial score (nSPS) is 27.9. The zero-order valence-corrected chi connectivity index (χ0v) is 11.5. The lowest BCUT2D eigenvalue weighted by atomic mass is 9.82. The molecule has 3 nitrogen and oxygen atoms in total. The SMILES string of the molecule is CC1CCC(c2nc(Cl)c3c(n2)CCOC3)CC1. The number of fused-ring (bicyclic) bond motifs is 1. The summed E-state index contributed by atoms with van der Waals surface area (Å²) in [4.78, 5) is 9.26. The Morgan fingerprint density at radius 1 is 1.17 bits per heavy atom. The first-order valence-electron chi connectivity index (χ1n) is 6.87. The van der Waals surface area contributed by atoms with Gasteiger partial charge < -0.3 is 4.74 Å². The molecule has 18 heavy (non-hydrogen) atoms. The lowest BCUT2D eigenvalue weighted by Gasteiger charge is -2.26. The summed E-state index contributed by atoms with van der Waals surface area (Å²) >= 11 is 6.26. The minimum atomic E-state index is 0.506. The third-order valence-electron chi connectivity index (χ3n) is 4.17. The molecule has 1 saturated carbocycles.